The fraction of sp³-hybridized carbons (Fsp3) is 0. The van der Waals surface area contributed by atoms with Crippen molar-refractivity contribution in [2.75, 3.05) is 5.73 Å². The van der Waals surface area contributed by atoms with Crippen LogP contribution in [0.3, 0.4) is 0 Å². The first-order valence-corrected chi connectivity index (χ1v) is 3.90. The summed E-state index contributed by atoms with van der Waals surface area (Å²) in [5, 5.41) is 17.6. The lowest BCUT2D eigenvalue weighted by atomic mass is 10.1. The van der Waals surface area contributed by atoms with Crippen LogP contribution in [-0.2, 0) is 0 Å². The smallest absolute Gasteiger partial charge is 0.337 e. The molecular formula is C7H5Cl2NO3. The third-order valence-electron chi connectivity index (χ3n) is 1.46. The van der Waals surface area contributed by atoms with E-state index in [0.717, 1.165) is 6.07 Å². The van der Waals surface area contributed by atoms with Gasteiger partial charge in [0.05, 0.1) is 16.3 Å². The standard InChI is InChI=1S/C7H5Cl2NO3/c8-3-1-2(7(12)13)5(10)6(11)4(3)9/h1,11H,10H2,(H,12,13). The van der Waals surface area contributed by atoms with Crippen LogP contribution in [0.1, 0.15) is 10.4 Å². The van der Waals surface area contributed by atoms with Gasteiger partial charge in [-0.25, -0.2) is 4.79 Å². The normalized spacial score (nSPS) is 10.0. The van der Waals surface area contributed by atoms with Crippen LogP contribution in [0.15, 0.2) is 6.07 Å². The van der Waals surface area contributed by atoms with Gasteiger partial charge in [-0.2, -0.15) is 0 Å². The highest BCUT2D eigenvalue weighted by atomic mass is 35.5. The number of carboxylic acid groups (broad SMARTS) is 1. The molecule has 0 saturated heterocycles. The topological polar surface area (TPSA) is 83.6 Å². The van der Waals surface area contributed by atoms with Gasteiger partial charge in [-0.15, -0.1) is 0 Å². The van der Waals surface area contributed by atoms with Gasteiger partial charge in [-0.05, 0) is 6.07 Å². The molecule has 0 aliphatic heterocycles. The summed E-state index contributed by atoms with van der Waals surface area (Å²) in [7, 11) is 0. The van der Waals surface area contributed by atoms with Crippen LogP contribution in [-0.4, -0.2) is 16.2 Å². The van der Waals surface area contributed by atoms with Gasteiger partial charge >= 0.3 is 5.97 Å². The Bertz CT molecular complexity index is 378. The Kier molecular flexibility index (Phi) is 2.54. The molecule has 0 atom stereocenters. The van der Waals surface area contributed by atoms with E-state index in [1.807, 2.05) is 0 Å². The van der Waals surface area contributed by atoms with Crippen molar-refractivity contribution in [1.29, 1.82) is 0 Å². The van der Waals surface area contributed by atoms with Gasteiger partial charge in [0.1, 0.15) is 5.02 Å². The molecule has 0 bridgehead atoms. The molecule has 70 valence electrons. The molecule has 4 nitrogen and oxygen atoms in total. The number of nitrogens with two attached hydrogens (primary N) is 1. The van der Waals surface area contributed by atoms with Crippen molar-refractivity contribution in [3.8, 4) is 5.75 Å². The maximum atomic E-state index is 10.5. The molecule has 0 unspecified atom stereocenters. The van der Waals surface area contributed by atoms with Gasteiger partial charge in [0.15, 0.2) is 5.75 Å². The van der Waals surface area contributed by atoms with Crippen molar-refractivity contribution >= 4 is 34.9 Å². The van der Waals surface area contributed by atoms with Crippen LogP contribution in [0.25, 0.3) is 0 Å². The Morgan fingerprint density at radius 2 is 2.00 bits per heavy atom. The average Bonchev–Trinajstić information content (AvgIpc) is 2.07. The van der Waals surface area contributed by atoms with Gasteiger partial charge < -0.3 is 15.9 Å². The van der Waals surface area contributed by atoms with Crippen molar-refractivity contribution in [3.63, 3.8) is 0 Å². The quantitative estimate of drug-likeness (QED) is 0.501. The predicted molar refractivity (Wildman–Crippen MR) is 49.5 cm³/mol. The number of phenols is 1. The fourth-order valence-corrected chi connectivity index (χ4v) is 1.16. The summed E-state index contributed by atoms with van der Waals surface area (Å²) in [5.41, 5.74) is 4.72. The molecule has 0 heterocycles. The van der Waals surface area contributed by atoms with E-state index in [-0.39, 0.29) is 21.3 Å². The molecule has 0 radical (unpaired) electrons. The van der Waals surface area contributed by atoms with Crippen LogP contribution >= 0.6 is 23.2 Å². The third-order valence-corrected chi connectivity index (χ3v) is 2.24. The number of hydrogen-bond acceptors (Lipinski definition) is 3. The fourth-order valence-electron chi connectivity index (χ4n) is 0.804. The van der Waals surface area contributed by atoms with Crippen molar-refractivity contribution in [2.45, 2.75) is 0 Å². The van der Waals surface area contributed by atoms with E-state index in [1.54, 1.807) is 0 Å². The molecule has 1 rings (SSSR count). The molecule has 1 aromatic carbocycles. The number of nitrogen functional groups attached to an aromatic ring is 1. The van der Waals surface area contributed by atoms with E-state index in [4.69, 9.17) is 34.0 Å². The average molecular weight is 222 g/mol. The summed E-state index contributed by atoms with van der Waals surface area (Å²) in [6, 6.07) is 1.08. The Labute approximate surface area is 83.5 Å². The number of carboxylic acids is 1. The molecule has 0 aliphatic carbocycles. The minimum absolute atomic E-state index is 0.0502. The largest absolute Gasteiger partial charge is 0.504 e. The van der Waals surface area contributed by atoms with E-state index in [0.29, 0.717) is 0 Å². The van der Waals surface area contributed by atoms with Gasteiger partial charge in [0, 0.05) is 0 Å². The Morgan fingerprint density at radius 3 is 2.46 bits per heavy atom. The van der Waals surface area contributed by atoms with Gasteiger partial charge in [-0.1, -0.05) is 23.2 Å². The van der Waals surface area contributed by atoms with Crippen molar-refractivity contribution in [2.24, 2.45) is 0 Å². The molecule has 0 saturated carbocycles. The van der Waals surface area contributed by atoms with Gasteiger partial charge in [-0.3, -0.25) is 0 Å². The Hall–Kier alpha value is -1.13. The minimum atomic E-state index is -1.27. The number of anilines is 1. The molecule has 0 spiro atoms. The Balaban J connectivity index is 3.50. The van der Waals surface area contributed by atoms with E-state index < -0.39 is 11.7 Å². The molecule has 6 heteroatoms. The summed E-state index contributed by atoms with van der Waals surface area (Å²) >= 11 is 11.0. The molecule has 0 amide bonds. The second-order valence-electron chi connectivity index (χ2n) is 2.29. The molecule has 0 aromatic heterocycles. The summed E-state index contributed by atoms with van der Waals surface area (Å²) < 4.78 is 0. The summed E-state index contributed by atoms with van der Waals surface area (Å²) in [6.45, 7) is 0. The highest BCUT2D eigenvalue weighted by molar-refractivity contribution is 6.43. The number of hydrogen-bond donors (Lipinski definition) is 3. The molecule has 0 aliphatic rings. The number of rotatable bonds is 1. The van der Waals surface area contributed by atoms with Crippen LogP contribution in [0, 0.1) is 0 Å². The number of carbonyl (C=O) groups is 1. The van der Waals surface area contributed by atoms with Crippen molar-refractivity contribution < 1.29 is 15.0 Å². The lowest BCUT2D eigenvalue weighted by molar-refractivity contribution is 0.0697. The van der Waals surface area contributed by atoms with Gasteiger partial charge in [0.2, 0.25) is 0 Å². The van der Waals surface area contributed by atoms with Crippen LogP contribution in [0.4, 0.5) is 5.69 Å². The number of aromatic carboxylic acids is 1. The first-order chi connectivity index (χ1) is 5.95. The van der Waals surface area contributed by atoms with Crippen LogP contribution in [0.5, 0.6) is 5.75 Å². The lowest BCUT2D eigenvalue weighted by Crippen LogP contribution is -2.02. The van der Waals surface area contributed by atoms with E-state index in [9.17, 15) is 9.90 Å². The number of aromatic hydroxyl groups is 1. The molecular weight excluding hydrogens is 217 g/mol. The second kappa shape index (κ2) is 3.32. The Morgan fingerprint density at radius 1 is 1.46 bits per heavy atom. The van der Waals surface area contributed by atoms with E-state index in [2.05, 4.69) is 0 Å². The van der Waals surface area contributed by atoms with E-state index >= 15 is 0 Å². The van der Waals surface area contributed by atoms with Crippen molar-refractivity contribution in [3.05, 3.63) is 21.7 Å². The molecule has 0 fully saturated rings. The van der Waals surface area contributed by atoms with Crippen molar-refractivity contribution in [1.82, 2.24) is 0 Å². The number of phenolic OH excluding ortho intramolecular Hbond substituents is 1. The monoisotopic (exact) mass is 221 g/mol. The maximum absolute atomic E-state index is 10.5. The molecule has 13 heavy (non-hydrogen) atoms. The number of halogens is 2. The lowest BCUT2D eigenvalue weighted by Gasteiger charge is -2.06. The zero-order valence-electron chi connectivity index (χ0n) is 6.21. The molecule has 1 aromatic rings. The predicted octanol–water partition coefficient (Wildman–Crippen LogP) is 1.98. The summed E-state index contributed by atoms with van der Waals surface area (Å²) in [6.07, 6.45) is 0. The second-order valence-corrected chi connectivity index (χ2v) is 3.07. The first-order valence-electron chi connectivity index (χ1n) is 3.15. The first kappa shape index (κ1) is 9.95. The summed E-state index contributed by atoms with van der Waals surface area (Å²) in [4.78, 5) is 10.5. The summed E-state index contributed by atoms with van der Waals surface area (Å²) in [5.74, 6) is -1.78. The van der Waals surface area contributed by atoms with Crippen LogP contribution in [0.2, 0.25) is 10.0 Å². The minimum Gasteiger partial charge on any atom is -0.504 e. The molecule has 4 N–H and O–H groups in total. The highest BCUT2D eigenvalue weighted by Gasteiger charge is 2.17. The highest BCUT2D eigenvalue weighted by Crippen LogP contribution is 2.38. The SMILES string of the molecule is Nc1c(C(=O)O)cc(Cl)c(Cl)c1O. The van der Waals surface area contributed by atoms with E-state index in [1.165, 1.54) is 0 Å². The number of benzene rings is 1. The van der Waals surface area contributed by atoms with Gasteiger partial charge in [0.25, 0.3) is 0 Å². The zero-order valence-corrected chi connectivity index (χ0v) is 7.73. The van der Waals surface area contributed by atoms with Crippen LogP contribution < -0.4 is 5.73 Å². The maximum Gasteiger partial charge on any atom is 0.337 e. The third kappa shape index (κ3) is 1.64. The zero-order chi connectivity index (χ0) is 10.2.